The molecule has 104 valence electrons. The van der Waals surface area contributed by atoms with Crippen LogP contribution in [0.5, 0.6) is 5.75 Å². The molecule has 0 spiro atoms. The van der Waals surface area contributed by atoms with Gasteiger partial charge in [-0.25, -0.2) is 0 Å². The molecule has 1 unspecified atom stereocenters. The fourth-order valence-corrected chi connectivity index (χ4v) is 2.59. The zero-order valence-electron chi connectivity index (χ0n) is 11.3. The van der Waals surface area contributed by atoms with Crippen LogP contribution in [0.15, 0.2) is 18.5 Å². The quantitative estimate of drug-likeness (QED) is 0.861. The maximum absolute atomic E-state index is 12.5. The van der Waals surface area contributed by atoms with Crippen LogP contribution in [0.2, 0.25) is 0 Å². The Kier molecular flexibility index (Phi) is 4.74. The summed E-state index contributed by atoms with van der Waals surface area (Å²) in [5, 5.41) is 12.6. The number of likely N-dealkylation sites (tertiary alicyclic amines) is 1. The number of aromatic nitrogens is 1. The lowest BCUT2D eigenvalue weighted by atomic mass is 9.98. The number of amides is 1. The van der Waals surface area contributed by atoms with Crippen molar-refractivity contribution in [3.63, 3.8) is 0 Å². The summed E-state index contributed by atoms with van der Waals surface area (Å²) in [7, 11) is 1.92. The number of carbonyl (C=O) groups is 1. The van der Waals surface area contributed by atoms with Crippen molar-refractivity contribution >= 4 is 5.91 Å². The van der Waals surface area contributed by atoms with E-state index in [9.17, 15) is 9.90 Å². The molecule has 0 bridgehead atoms. The largest absolute Gasteiger partial charge is 0.506 e. The molecule has 0 saturated carbocycles. The topological polar surface area (TPSA) is 65.5 Å². The normalized spacial score (nSPS) is 19.4. The molecule has 1 aromatic heterocycles. The number of nitrogens with zero attached hydrogens (tertiary/aromatic N) is 2. The van der Waals surface area contributed by atoms with E-state index in [0.29, 0.717) is 5.56 Å². The SMILES string of the molecule is CNCCC1CCCCN1C(=O)c1cncc(O)c1. The van der Waals surface area contributed by atoms with Crippen LogP contribution in [-0.2, 0) is 0 Å². The molecule has 0 radical (unpaired) electrons. The number of pyridine rings is 1. The fourth-order valence-electron chi connectivity index (χ4n) is 2.59. The van der Waals surface area contributed by atoms with E-state index >= 15 is 0 Å². The molecule has 1 saturated heterocycles. The fraction of sp³-hybridized carbons (Fsp3) is 0.571. The van der Waals surface area contributed by atoms with E-state index in [1.165, 1.54) is 24.9 Å². The Bertz CT molecular complexity index is 436. The lowest BCUT2D eigenvalue weighted by Crippen LogP contribution is -2.44. The number of aromatic hydroxyl groups is 1. The molecule has 1 aliphatic rings. The monoisotopic (exact) mass is 263 g/mol. The van der Waals surface area contributed by atoms with Crippen LogP contribution >= 0.6 is 0 Å². The van der Waals surface area contributed by atoms with Gasteiger partial charge >= 0.3 is 0 Å². The molecule has 2 N–H and O–H groups in total. The van der Waals surface area contributed by atoms with E-state index in [2.05, 4.69) is 10.3 Å². The first-order valence-electron chi connectivity index (χ1n) is 6.82. The molecule has 1 fully saturated rings. The first kappa shape index (κ1) is 13.8. The highest BCUT2D eigenvalue weighted by molar-refractivity contribution is 5.94. The van der Waals surface area contributed by atoms with E-state index in [0.717, 1.165) is 32.4 Å². The zero-order valence-corrected chi connectivity index (χ0v) is 11.3. The highest BCUT2D eigenvalue weighted by Gasteiger charge is 2.27. The van der Waals surface area contributed by atoms with E-state index in [-0.39, 0.29) is 17.7 Å². The van der Waals surface area contributed by atoms with Crippen LogP contribution in [-0.4, -0.2) is 47.1 Å². The van der Waals surface area contributed by atoms with Crippen LogP contribution in [0, 0.1) is 0 Å². The van der Waals surface area contributed by atoms with Gasteiger partial charge in [-0.1, -0.05) is 0 Å². The number of hydrogen-bond acceptors (Lipinski definition) is 4. The summed E-state index contributed by atoms with van der Waals surface area (Å²) in [5.74, 6) is 0.0128. The van der Waals surface area contributed by atoms with Gasteiger partial charge in [-0.2, -0.15) is 0 Å². The lowest BCUT2D eigenvalue weighted by Gasteiger charge is -2.36. The van der Waals surface area contributed by atoms with Crippen molar-refractivity contribution in [3.05, 3.63) is 24.0 Å². The molecule has 0 aromatic carbocycles. The molecular formula is C14H21N3O2. The highest BCUT2D eigenvalue weighted by Crippen LogP contribution is 2.22. The smallest absolute Gasteiger partial charge is 0.255 e. The Hall–Kier alpha value is -1.62. The molecule has 1 aliphatic heterocycles. The summed E-state index contributed by atoms with van der Waals surface area (Å²) in [6.45, 7) is 1.70. The maximum Gasteiger partial charge on any atom is 0.255 e. The second-order valence-electron chi connectivity index (χ2n) is 4.97. The molecule has 1 amide bonds. The third-order valence-corrected chi connectivity index (χ3v) is 3.59. The van der Waals surface area contributed by atoms with E-state index < -0.39 is 0 Å². The Morgan fingerprint density at radius 3 is 3.11 bits per heavy atom. The van der Waals surface area contributed by atoms with Gasteiger partial charge < -0.3 is 15.3 Å². The van der Waals surface area contributed by atoms with Gasteiger partial charge in [0, 0.05) is 18.8 Å². The molecule has 5 nitrogen and oxygen atoms in total. The van der Waals surface area contributed by atoms with Crippen molar-refractivity contribution in [2.75, 3.05) is 20.1 Å². The van der Waals surface area contributed by atoms with Gasteiger partial charge in [0.2, 0.25) is 0 Å². The summed E-state index contributed by atoms with van der Waals surface area (Å²) in [5.41, 5.74) is 0.469. The van der Waals surface area contributed by atoms with Crippen molar-refractivity contribution in [3.8, 4) is 5.75 Å². The zero-order chi connectivity index (χ0) is 13.7. The first-order valence-corrected chi connectivity index (χ1v) is 6.82. The van der Waals surface area contributed by atoms with Gasteiger partial charge in [-0.15, -0.1) is 0 Å². The summed E-state index contributed by atoms with van der Waals surface area (Å²) >= 11 is 0. The maximum atomic E-state index is 12.5. The molecule has 2 heterocycles. The van der Waals surface area contributed by atoms with Crippen LogP contribution in [0.3, 0.4) is 0 Å². The molecule has 0 aliphatic carbocycles. The summed E-state index contributed by atoms with van der Waals surface area (Å²) in [4.78, 5) is 18.3. The van der Waals surface area contributed by atoms with Gasteiger partial charge in [0.05, 0.1) is 11.8 Å². The lowest BCUT2D eigenvalue weighted by molar-refractivity contribution is 0.0601. The van der Waals surface area contributed by atoms with E-state index in [1.807, 2.05) is 11.9 Å². The number of nitrogens with one attached hydrogen (secondary N) is 1. The van der Waals surface area contributed by atoms with Crippen molar-refractivity contribution in [2.24, 2.45) is 0 Å². The van der Waals surface area contributed by atoms with Gasteiger partial charge in [0.1, 0.15) is 5.75 Å². The standard InChI is InChI=1S/C14H21N3O2/c1-15-6-5-12-4-2-3-7-17(12)14(19)11-8-13(18)10-16-9-11/h8-10,12,15,18H,2-7H2,1H3. The van der Waals surface area contributed by atoms with Crippen molar-refractivity contribution in [2.45, 2.75) is 31.7 Å². The van der Waals surface area contributed by atoms with Crippen LogP contribution in [0.4, 0.5) is 0 Å². The Balaban J connectivity index is 2.10. The summed E-state index contributed by atoms with van der Waals surface area (Å²) in [6.07, 6.45) is 7.11. The van der Waals surface area contributed by atoms with Crippen molar-refractivity contribution < 1.29 is 9.90 Å². The number of hydrogen-bond donors (Lipinski definition) is 2. The van der Waals surface area contributed by atoms with E-state index in [1.54, 1.807) is 0 Å². The molecule has 1 aromatic rings. The highest BCUT2D eigenvalue weighted by atomic mass is 16.3. The van der Waals surface area contributed by atoms with Crippen LogP contribution in [0.25, 0.3) is 0 Å². The predicted molar refractivity (Wildman–Crippen MR) is 73.1 cm³/mol. The third-order valence-electron chi connectivity index (χ3n) is 3.59. The Labute approximate surface area is 113 Å². The minimum Gasteiger partial charge on any atom is -0.506 e. The average Bonchev–Trinajstić information content (AvgIpc) is 2.44. The minimum atomic E-state index is -0.0239. The predicted octanol–water partition coefficient (Wildman–Crippen LogP) is 1.39. The molecular weight excluding hydrogens is 242 g/mol. The average molecular weight is 263 g/mol. The molecule has 5 heteroatoms. The third kappa shape index (κ3) is 3.44. The first-order chi connectivity index (χ1) is 9.22. The number of carbonyl (C=O) groups excluding carboxylic acids is 1. The Morgan fingerprint density at radius 2 is 2.37 bits per heavy atom. The Morgan fingerprint density at radius 1 is 1.53 bits per heavy atom. The van der Waals surface area contributed by atoms with Crippen molar-refractivity contribution in [1.82, 2.24) is 15.2 Å². The molecule has 1 atom stereocenters. The summed E-state index contributed by atoms with van der Waals surface area (Å²) in [6, 6.07) is 1.77. The second-order valence-corrected chi connectivity index (χ2v) is 4.97. The van der Waals surface area contributed by atoms with E-state index in [4.69, 9.17) is 0 Å². The van der Waals surface area contributed by atoms with Gasteiger partial charge in [-0.3, -0.25) is 9.78 Å². The minimum absolute atomic E-state index is 0.0239. The van der Waals surface area contributed by atoms with Gasteiger partial charge in [0.15, 0.2) is 0 Å². The second kappa shape index (κ2) is 6.52. The van der Waals surface area contributed by atoms with Crippen LogP contribution < -0.4 is 5.32 Å². The summed E-state index contributed by atoms with van der Waals surface area (Å²) < 4.78 is 0. The van der Waals surface area contributed by atoms with Gasteiger partial charge in [0.25, 0.3) is 5.91 Å². The molecule has 19 heavy (non-hydrogen) atoms. The van der Waals surface area contributed by atoms with Crippen molar-refractivity contribution in [1.29, 1.82) is 0 Å². The number of piperidine rings is 1. The van der Waals surface area contributed by atoms with Gasteiger partial charge in [-0.05, 0) is 45.3 Å². The molecule has 2 rings (SSSR count). The van der Waals surface area contributed by atoms with Crippen LogP contribution in [0.1, 0.15) is 36.0 Å². The number of rotatable bonds is 4.